The van der Waals surface area contributed by atoms with E-state index in [2.05, 4.69) is 34.3 Å². The second-order valence-corrected chi connectivity index (χ2v) is 4.92. The maximum Gasteiger partial charge on any atom is 0.228 e. The van der Waals surface area contributed by atoms with Gasteiger partial charge in [0.2, 0.25) is 5.91 Å². The maximum absolute atomic E-state index is 12.5. The number of carbonyl (C=O) groups excluding carboxylic acids is 1. The predicted molar refractivity (Wildman–Crippen MR) is 76.9 cm³/mol. The Bertz CT molecular complexity index is 524. The van der Waals surface area contributed by atoms with Gasteiger partial charge < -0.3 is 5.32 Å². The molecule has 0 saturated heterocycles. The number of nitrogens with one attached hydrogen (secondary N) is 2. The molecular formula is C15H20N4O. The van der Waals surface area contributed by atoms with E-state index >= 15 is 0 Å². The maximum atomic E-state index is 12.5. The molecule has 1 aromatic heterocycles. The zero-order valence-electron chi connectivity index (χ0n) is 11.8. The Labute approximate surface area is 118 Å². The Morgan fingerprint density at radius 3 is 2.70 bits per heavy atom. The zero-order chi connectivity index (χ0) is 14.4. The Balaban J connectivity index is 2.08. The molecule has 0 radical (unpaired) electrons. The quantitative estimate of drug-likeness (QED) is 0.847. The number of nitrogens with zero attached hydrogens (tertiary/aromatic N) is 2. The Morgan fingerprint density at radius 2 is 2.10 bits per heavy atom. The van der Waals surface area contributed by atoms with Gasteiger partial charge in [0.1, 0.15) is 12.2 Å². The van der Waals surface area contributed by atoms with Crippen LogP contribution < -0.4 is 5.32 Å². The first kappa shape index (κ1) is 14.2. The Morgan fingerprint density at radius 1 is 1.35 bits per heavy atom. The highest BCUT2D eigenvalue weighted by atomic mass is 16.1. The van der Waals surface area contributed by atoms with Gasteiger partial charge in [0.25, 0.3) is 0 Å². The Hall–Kier alpha value is -2.17. The lowest BCUT2D eigenvalue weighted by molar-refractivity contribution is -0.123. The molecule has 1 aromatic carbocycles. The fraction of sp³-hybridized carbons (Fsp3) is 0.400. The fourth-order valence-corrected chi connectivity index (χ4v) is 2.23. The normalized spacial score (nSPS) is 13.7. The van der Waals surface area contributed by atoms with Crippen molar-refractivity contribution >= 4 is 5.91 Å². The van der Waals surface area contributed by atoms with Crippen LogP contribution in [0.5, 0.6) is 0 Å². The summed E-state index contributed by atoms with van der Waals surface area (Å²) in [6.45, 7) is 4.58. The molecule has 0 aliphatic carbocycles. The van der Waals surface area contributed by atoms with Crippen molar-refractivity contribution in [2.24, 2.45) is 5.92 Å². The molecule has 0 aliphatic heterocycles. The van der Waals surface area contributed by atoms with Crippen LogP contribution in [0.4, 0.5) is 0 Å². The summed E-state index contributed by atoms with van der Waals surface area (Å²) in [6, 6.07) is 9.90. The molecule has 1 amide bonds. The summed E-state index contributed by atoms with van der Waals surface area (Å²) in [7, 11) is 0. The van der Waals surface area contributed by atoms with Crippen molar-refractivity contribution in [2.45, 2.75) is 32.7 Å². The number of hydrogen-bond donors (Lipinski definition) is 2. The van der Waals surface area contributed by atoms with Gasteiger partial charge in [-0.2, -0.15) is 5.10 Å². The summed E-state index contributed by atoms with van der Waals surface area (Å²) < 4.78 is 0. The van der Waals surface area contributed by atoms with Crippen molar-refractivity contribution < 1.29 is 4.79 Å². The van der Waals surface area contributed by atoms with E-state index in [9.17, 15) is 4.79 Å². The first-order chi connectivity index (χ1) is 9.72. The van der Waals surface area contributed by atoms with E-state index in [1.807, 2.05) is 30.3 Å². The topological polar surface area (TPSA) is 70.7 Å². The number of aromatic amines is 1. The number of carbonyl (C=O) groups is 1. The highest BCUT2D eigenvalue weighted by Crippen LogP contribution is 2.27. The minimum atomic E-state index is -0.135. The molecule has 0 bridgehead atoms. The largest absolute Gasteiger partial charge is 0.348 e. The summed E-state index contributed by atoms with van der Waals surface area (Å²) in [6.07, 6.45) is 2.39. The molecule has 2 N–H and O–H groups in total. The summed E-state index contributed by atoms with van der Waals surface area (Å²) in [4.78, 5) is 16.5. The molecule has 1 heterocycles. The van der Waals surface area contributed by atoms with Gasteiger partial charge in [-0.05, 0) is 11.5 Å². The van der Waals surface area contributed by atoms with E-state index in [-0.39, 0.29) is 17.7 Å². The first-order valence-corrected chi connectivity index (χ1v) is 6.89. The van der Waals surface area contributed by atoms with Gasteiger partial charge in [-0.25, -0.2) is 4.98 Å². The zero-order valence-corrected chi connectivity index (χ0v) is 11.8. The summed E-state index contributed by atoms with van der Waals surface area (Å²) in [5, 5.41) is 9.43. The number of aromatic nitrogens is 3. The first-order valence-electron chi connectivity index (χ1n) is 6.89. The van der Waals surface area contributed by atoms with Crippen molar-refractivity contribution in [3.63, 3.8) is 0 Å². The molecule has 0 aliphatic rings. The molecule has 2 unspecified atom stereocenters. The van der Waals surface area contributed by atoms with Crippen molar-refractivity contribution in [2.75, 3.05) is 0 Å². The molecule has 106 valence electrons. The monoisotopic (exact) mass is 272 g/mol. The van der Waals surface area contributed by atoms with Gasteiger partial charge in [0.05, 0.1) is 12.5 Å². The highest BCUT2D eigenvalue weighted by molar-refractivity contribution is 5.83. The van der Waals surface area contributed by atoms with E-state index in [0.717, 1.165) is 12.0 Å². The van der Waals surface area contributed by atoms with E-state index in [1.54, 1.807) is 0 Å². The highest BCUT2D eigenvalue weighted by Gasteiger charge is 2.25. The number of benzene rings is 1. The molecule has 20 heavy (non-hydrogen) atoms. The van der Waals surface area contributed by atoms with Crippen LogP contribution in [0.15, 0.2) is 36.7 Å². The average Bonchev–Trinajstić information content (AvgIpc) is 2.99. The van der Waals surface area contributed by atoms with Gasteiger partial charge in [-0.1, -0.05) is 50.6 Å². The number of rotatable bonds is 6. The molecule has 2 atom stereocenters. The van der Waals surface area contributed by atoms with Crippen LogP contribution >= 0.6 is 0 Å². The molecule has 0 fully saturated rings. The third-order valence-electron chi connectivity index (χ3n) is 3.55. The lowest BCUT2D eigenvalue weighted by Crippen LogP contribution is -2.32. The third-order valence-corrected chi connectivity index (χ3v) is 3.55. The van der Waals surface area contributed by atoms with Crippen LogP contribution in [0, 0.1) is 5.92 Å². The minimum absolute atomic E-state index is 0.0296. The minimum Gasteiger partial charge on any atom is -0.348 e. The van der Waals surface area contributed by atoms with Crippen molar-refractivity contribution in [3.05, 3.63) is 48.0 Å². The molecule has 5 heteroatoms. The van der Waals surface area contributed by atoms with Crippen LogP contribution in [0.2, 0.25) is 0 Å². The lowest BCUT2D eigenvalue weighted by atomic mass is 9.85. The average molecular weight is 272 g/mol. The van der Waals surface area contributed by atoms with Gasteiger partial charge in [0, 0.05) is 0 Å². The van der Waals surface area contributed by atoms with Crippen molar-refractivity contribution in [1.29, 1.82) is 0 Å². The summed E-state index contributed by atoms with van der Waals surface area (Å²) >= 11 is 0. The molecular weight excluding hydrogens is 252 g/mol. The van der Waals surface area contributed by atoms with E-state index in [1.165, 1.54) is 6.33 Å². The molecule has 0 spiro atoms. The van der Waals surface area contributed by atoms with Crippen LogP contribution in [-0.2, 0) is 11.3 Å². The van der Waals surface area contributed by atoms with Gasteiger partial charge in [-0.15, -0.1) is 0 Å². The standard InChI is InChI=1S/C15H20N4O/c1-3-11(2)14(12-7-5-4-6-8-12)15(20)16-9-13-17-10-18-19-13/h4-8,10-11,14H,3,9H2,1-2H3,(H,16,20)(H,17,18,19). The van der Waals surface area contributed by atoms with Gasteiger partial charge in [-0.3, -0.25) is 9.89 Å². The number of H-pyrrole nitrogens is 1. The van der Waals surface area contributed by atoms with Gasteiger partial charge in [0.15, 0.2) is 0 Å². The van der Waals surface area contributed by atoms with Crippen LogP contribution in [0.25, 0.3) is 0 Å². The molecule has 2 aromatic rings. The van der Waals surface area contributed by atoms with Crippen LogP contribution in [0.1, 0.15) is 37.6 Å². The molecule has 2 rings (SSSR count). The van der Waals surface area contributed by atoms with Crippen molar-refractivity contribution in [3.8, 4) is 0 Å². The second kappa shape index (κ2) is 6.84. The third kappa shape index (κ3) is 3.44. The SMILES string of the molecule is CCC(C)C(C(=O)NCc1ncn[nH]1)c1ccccc1. The smallest absolute Gasteiger partial charge is 0.228 e. The summed E-state index contributed by atoms with van der Waals surface area (Å²) in [5.74, 6) is 0.840. The lowest BCUT2D eigenvalue weighted by Gasteiger charge is -2.22. The van der Waals surface area contributed by atoms with E-state index in [4.69, 9.17) is 0 Å². The summed E-state index contributed by atoms with van der Waals surface area (Å²) in [5.41, 5.74) is 1.05. The van der Waals surface area contributed by atoms with E-state index in [0.29, 0.717) is 12.4 Å². The predicted octanol–water partition coefficient (Wildman–Crippen LogP) is 2.25. The molecule has 0 saturated carbocycles. The second-order valence-electron chi connectivity index (χ2n) is 4.92. The van der Waals surface area contributed by atoms with Crippen LogP contribution in [0.3, 0.4) is 0 Å². The number of amides is 1. The van der Waals surface area contributed by atoms with Gasteiger partial charge >= 0.3 is 0 Å². The van der Waals surface area contributed by atoms with Crippen molar-refractivity contribution in [1.82, 2.24) is 20.5 Å². The van der Waals surface area contributed by atoms with E-state index < -0.39 is 0 Å². The number of hydrogen-bond acceptors (Lipinski definition) is 3. The van der Waals surface area contributed by atoms with Crippen LogP contribution in [-0.4, -0.2) is 21.1 Å². The molecule has 5 nitrogen and oxygen atoms in total. The Kier molecular flexibility index (Phi) is 4.87. The fourth-order valence-electron chi connectivity index (χ4n) is 2.23.